The van der Waals surface area contributed by atoms with E-state index in [9.17, 15) is 17.6 Å². The van der Waals surface area contributed by atoms with Gasteiger partial charge in [0, 0.05) is 26.1 Å². The second kappa shape index (κ2) is 7.72. The molecule has 1 amide bonds. The van der Waals surface area contributed by atoms with Gasteiger partial charge in [0.2, 0.25) is 15.9 Å². The van der Waals surface area contributed by atoms with Crippen LogP contribution in [0.2, 0.25) is 5.02 Å². The van der Waals surface area contributed by atoms with Gasteiger partial charge in [-0.25, -0.2) is 17.5 Å². The van der Waals surface area contributed by atoms with Gasteiger partial charge in [-0.2, -0.15) is 0 Å². The lowest BCUT2D eigenvalue weighted by molar-refractivity contribution is -0.130. The molecule has 8 heteroatoms. The van der Waals surface area contributed by atoms with E-state index in [1.807, 2.05) is 13.8 Å². The van der Waals surface area contributed by atoms with Crippen molar-refractivity contribution in [1.29, 1.82) is 0 Å². The van der Waals surface area contributed by atoms with E-state index in [4.69, 9.17) is 11.6 Å². The first-order chi connectivity index (χ1) is 9.81. The number of sulfonamides is 1. The van der Waals surface area contributed by atoms with Gasteiger partial charge in [-0.3, -0.25) is 4.79 Å². The van der Waals surface area contributed by atoms with Gasteiger partial charge in [0.15, 0.2) is 0 Å². The van der Waals surface area contributed by atoms with Crippen LogP contribution in [0.1, 0.15) is 20.3 Å². The Balaban J connectivity index is 2.65. The molecule has 0 bridgehead atoms. The van der Waals surface area contributed by atoms with Crippen molar-refractivity contribution in [2.24, 2.45) is 0 Å². The lowest BCUT2D eigenvalue weighted by Gasteiger charge is -2.18. The number of benzene rings is 1. The predicted molar refractivity (Wildman–Crippen MR) is 79.1 cm³/mol. The molecule has 0 aliphatic heterocycles. The molecule has 1 N–H and O–H groups in total. The van der Waals surface area contributed by atoms with E-state index in [1.54, 1.807) is 4.90 Å². The molecule has 1 aromatic rings. The highest BCUT2D eigenvalue weighted by Gasteiger charge is 2.17. The molecule has 0 aliphatic carbocycles. The number of nitrogens with one attached hydrogen (secondary N) is 1. The molecule has 5 nitrogen and oxygen atoms in total. The Morgan fingerprint density at radius 3 is 2.48 bits per heavy atom. The van der Waals surface area contributed by atoms with E-state index in [-0.39, 0.29) is 28.8 Å². The molecule has 0 spiro atoms. The summed E-state index contributed by atoms with van der Waals surface area (Å²) in [6.07, 6.45) is 0.0653. The van der Waals surface area contributed by atoms with E-state index in [0.717, 1.165) is 18.2 Å². The van der Waals surface area contributed by atoms with Crippen molar-refractivity contribution < 1.29 is 17.6 Å². The third-order valence-electron chi connectivity index (χ3n) is 2.95. The van der Waals surface area contributed by atoms with E-state index >= 15 is 0 Å². The number of amides is 1. The van der Waals surface area contributed by atoms with Gasteiger partial charge >= 0.3 is 0 Å². The lowest BCUT2D eigenvalue weighted by atomic mass is 10.3. The molecule has 0 aliphatic rings. The third-order valence-corrected chi connectivity index (χ3v) is 4.70. The summed E-state index contributed by atoms with van der Waals surface area (Å²) in [5.41, 5.74) is 0. The average molecular weight is 337 g/mol. The van der Waals surface area contributed by atoms with Gasteiger partial charge in [0.25, 0.3) is 0 Å². The van der Waals surface area contributed by atoms with Gasteiger partial charge in [0.1, 0.15) is 5.82 Å². The highest BCUT2D eigenvalue weighted by atomic mass is 35.5. The van der Waals surface area contributed by atoms with E-state index in [0.29, 0.717) is 13.1 Å². The topological polar surface area (TPSA) is 66.5 Å². The fourth-order valence-electron chi connectivity index (χ4n) is 1.75. The molecule has 0 saturated heterocycles. The molecule has 118 valence electrons. The zero-order chi connectivity index (χ0) is 16.0. The molecular weight excluding hydrogens is 319 g/mol. The number of halogens is 2. The van der Waals surface area contributed by atoms with Crippen molar-refractivity contribution >= 4 is 27.5 Å². The Morgan fingerprint density at radius 2 is 1.95 bits per heavy atom. The second-order valence-electron chi connectivity index (χ2n) is 4.29. The van der Waals surface area contributed by atoms with Gasteiger partial charge in [-0.05, 0) is 32.0 Å². The normalized spacial score (nSPS) is 11.4. The minimum absolute atomic E-state index is 0.0212. The van der Waals surface area contributed by atoms with Crippen LogP contribution in [0.4, 0.5) is 4.39 Å². The standard InChI is InChI=1S/C13H18ClFN2O3S/c1-3-17(4-2)13(18)7-8-16-21(19,20)10-5-6-12(15)11(14)9-10/h5-6,9,16H,3-4,7-8H2,1-2H3. The molecule has 0 unspecified atom stereocenters. The fourth-order valence-corrected chi connectivity index (χ4v) is 3.06. The van der Waals surface area contributed by atoms with Gasteiger partial charge in [-0.1, -0.05) is 11.6 Å². The molecule has 1 aromatic carbocycles. The molecule has 1 rings (SSSR count). The van der Waals surface area contributed by atoms with E-state index in [2.05, 4.69) is 4.72 Å². The fraction of sp³-hybridized carbons (Fsp3) is 0.462. The SMILES string of the molecule is CCN(CC)C(=O)CCNS(=O)(=O)c1ccc(F)c(Cl)c1. The highest BCUT2D eigenvalue weighted by Crippen LogP contribution is 2.19. The lowest BCUT2D eigenvalue weighted by Crippen LogP contribution is -2.34. The Labute approximate surface area is 129 Å². The quantitative estimate of drug-likeness (QED) is 0.828. The molecule has 0 aromatic heterocycles. The zero-order valence-corrected chi connectivity index (χ0v) is 13.5. The van der Waals surface area contributed by atoms with Crippen LogP contribution in [-0.4, -0.2) is 38.9 Å². The molecule has 0 heterocycles. The highest BCUT2D eigenvalue weighted by molar-refractivity contribution is 7.89. The number of rotatable bonds is 7. The molecule has 0 radical (unpaired) electrons. The number of hydrogen-bond acceptors (Lipinski definition) is 3. The predicted octanol–water partition coefficient (Wildman–Crippen LogP) is 2.02. The van der Waals surface area contributed by atoms with Crippen LogP contribution in [0.3, 0.4) is 0 Å². The molecule has 0 saturated carbocycles. The first kappa shape index (κ1) is 17.9. The van der Waals surface area contributed by atoms with E-state index < -0.39 is 15.8 Å². The van der Waals surface area contributed by atoms with Crippen LogP contribution >= 0.6 is 11.6 Å². The van der Waals surface area contributed by atoms with Crippen LogP contribution < -0.4 is 4.72 Å². The summed E-state index contributed by atoms with van der Waals surface area (Å²) < 4.78 is 39.3. The smallest absolute Gasteiger partial charge is 0.240 e. The molecule has 21 heavy (non-hydrogen) atoms. The Hall–Kier alpha value is -1.18. The Kier molecular flexibility index (Phi) is 6.57. The zero-order valence-electron chi connectivity index (χ0n) is 11.9. The summed E-state index contributed by atoms with van der Waals surface area (Å²) in [6.45, 7) is 4.84. The molecular formula is C13H18ClFN2O3S. The first-order valence-electron chi connectivity index (χ1n) is 6.54. The summed E-state index contributed by atoms with van der Waals surface area (Å²) in [5.74, 6) is -0.813. The van der Waals surface area contributed by atoms with Gasteiger partial charge in [0.05, 0.1) is 9.92 Å². The van der Waals surface area contributed by atoms with Crippen LogP contribution in [0, 0.1) is 5.82 Å². The van der Waals surface area contributed by atoms with Crippen LogP contribution in [0.15, 0.2) is 23.1 Å². The maximum atomic E-state index is 13.0. The number of carbonyl (C=O) groups is 1. The largest absolute Gasteiger partial charge is 0.343 e. The van der Waals surface area contributed by atoms with E-state index in [1.165, 1.54) is 0 Å². The van der Waals surface area contributed by atoms with Crippen molar-refractivity contribution in [3.63, 3.8) is 0 Å². The van der Waals surface area contributed by atoms with Crippen LogP contribution in [-0.2, 0) is 14.8 Å². The number of hydrogen-bond donors (Lipinski definition) is 1. The first-order valence-corrected chi connectivity index (χ1v) is 8.40. The second-order valence-corrected chi connectivity index (χ2v) is 6.46. The van der Waals surface area contributed by atoms with Crippen molar-refractivity contribution in [3.05, 3.63) is 29.0 Å². The van der Waals surface area contributed by atoms with Crippen LogP contribution in [0.5, 0.6) is 0 Å². The minimum Gasteiger partial charge on any atom is -0.343 e. The maximum Gasteiger partial charge on any atom is 0.240 e. The van der Waals surface area contributed by atoms with Crippen molar-refractivity contribution in [1.82, 2.24) is 9.62 Å². The van der Waals surface area contributed by atoms with Gasteiger partial charge < -0.3 is 4.90 Å². The molecule has 0 atom stereocenters. The third kappa shape index (κ3) is 4.94. The Morgan fingerprint density at radius 1 is 1.33 bits per heavy atom. The monoisotopic (exact) mass is 336 g/mol. The summed E-state index contributed by atoms with van der Waals surface area (Å²) in [7, 11) is -3.81. The summed E-state index contributed by atoms with van der Waals surface area (Å²) in [5, 5.41) is -0.267. The van der Waals surface area contributed by atoms with Crippen molar-refractivity contribution in [2.75, 3.05) is 19.6 Å². The molecule has 0 fully saturated rings. The van der Waals surface area contributed by atoms with Crippen molar-refractivity contribution in [3.8, 4) is 0 Å². The Bertz CT molecular complexity index is 603. The van der Waals surface area contributed by atoms with Crippen molar-refractivity contribution in [2.45, 2.75) is 25.2 Å². The van der Waals surface area contributed by atoms with Gasteiger partial charge in [-0.15, -0.1) is 0 Å². The summed E-state index contributed by atoms with van der Waals surface area (Å²) in [6, 6.07) is 3.14. The summed E-state index contributed by atoms with van der Waals surface area (Å²) >= 11 is 5.56. The van der Waals surface area contributed by atoms with Crippen LogP contribution in [0.25, 0.3) is 0 Å². The summed E-state index contributed by atoms with van der Waals surface area (Å²) in [4.78, 5) is 13.2. The average Bonchev–Trinajstić information content (AvgIpc) is 2.43. The maximum absolute atomic E-state index is 13.0. The minimum atomic E-state index is -3.81. The number of carbonyl (C=O) groups excluding carboxylic acids is 1. The number of nitrogens with zero attached hydrogens (tertiary/aromatic N) is 1.